The molecule has 0 aliphatic rings. The van der Waals surface area contributed by atoms with Crippen molar-refractivity contribution in [1.29, 1.82) is 5.26 Å². The van der Waals surface area contributed by atoms with Crippen molar-refractivity contribution in [1.82, 2.24) is 5.32 Å². The van der Waals surface area contributed by atoms with Crippen molar-refractivity contribution in [2.45, 2.75) is 0 Å². The molecular formula is C11H8Cl2N2O. The van der Waals surface area contributed by atoms with E-state index < -0.39 is 5.91 Å². The summed E-state index contributed by atoms with van der Waals surface area (Å²) < 4.78 is 0. The van der Waals surface area contributed by atoms with Crippen molar-refractivity contribution in [3.8, 4) is 6.07 Å². The van der Waals surface area contributed by atoms with Gasteiger partial charge >= 0.3 is 0 Å². The average Bonchev–Trinajstić information content (AvgIpc) is 2.29. The number of halogens is 2. The van der Waals surface area contributed by atoms with Gasteiger partial charge in [0.2, 0.25) is 0 Å². The number of carbonyl (C=O) groups is 1. The number of hydrogen-bond donors (Lipinski definition) is 1. The molecule has 0 bridgehead atoms. The zero-order valence-corrected chi connectivity index (χ0v) is 9.93. The number of amides is 1. The highest BCUT2D eigenvalue weighted by Gasteiger charge is 2.06. The maximum Gasteiger partial charge on any atom is 0.261 e. The Kier molecular flexibility index (Phi) is 4.36. The van der Waals surface area contributed by atoms with Gasteiger partial charge in [-0.05, 0) is 23.8 Å². The quantitative estimate of drug-likeness (QED) is 0.652. The van der Waals surface area contributed by atoms with Crippen LogP contribution in [-0.4, -0.2) is 13.0 Å². The third-order valence-corrected chi connectivity index (χ3v) is 2.59. The number of likely N-dealkylation sites (N-methyl/N-ethyl adjacent to an activating group) is 1. The van der Waals surface area contributed by atoms with E-state index in [4.69, 9.17) is 28.5 Å². The molecule has 1 aromatic carbocycles. The number of nitrogens with zero attached hydrogens (tertiary/aromatic N) is 1. The van der Waals surface area contributed by atoms with E-state index >= 15 is 0 Å². The van der Waals surface area contributed by atoms with Crippen molar-refractivity contribution in [3.63, 3.8) is 0 Å². The minimum absolute atomic E-state index is 0.0147. The first-order chi connectivity index (χ1) is 7.58. The Morgan fingerprint density at radius 1 is 1.44 bits per heavy atom. The predicted molar refractivity (Wildman–Crippen MR) is 64.1 cm³/mol. The van der Waals surface area contributed by atoms with E-state index in [9.17, 15) is 4.79 Å². The van der Waals surface area contributed by atoms with Crippen LogP contribution in [0.25, 0.3) is 6.08 Å². The van der Waals surface area contributed by atoms with Crippen LogP contribution in [0.2, 0.25) is 10.0 Å². The van der Waals surface area contributed by atoms with Crippen molar-refractivity contribution in [2.75, 3.05) is 7.05 Å². The molecule has 0 heterocycles. The number of carbonyl (C=O) groups excluding carboxylic acids is 1. The summed E-state index contributed by atoms with van der Waals surface area (Å²) >= 11 is 11.6. The molecule has 0 aliphatic carbocycles. The first-order valence-corrected chi connectivity index (χ1v) is 5.13. The third kappa shape index (κ3) is 2.99. The molecule has 0 spiro atoms. The summed E-state index contributed by atoms with van der Waals surface area (Å²) in [6.45, 7) is 0. The van der Waals surface area contributed by atoms with Gasteiger partial charge in [0.1, 0.15) is 11.6 Å². The van der Waals surface area contributed by atoms with Gasteiger partial charge in [0.15, 0.2) is 0 Å². The van der Waals surface area contributed by atoms with Crippen molar-refractivity contribution in [2.24, 2.45) is 0 Å². The lowest BCUT2D eigenvalue weighted by molar-refractivity contribution is -0.116. The highest BCUT2D eigenvalue weighted by Crippen LogP contribution is 2.23. The molecular weight excluding hydrogens is 247 g/mol. The van der Waals surface area contributed by atoms with Gasteiger partial charge in [0.25, 0.3) is 5.91 Å². The molecule has 1 N–H and O–H groups in total. The maximum absolute atomic E-state index is 11.2. The molecule has 0 atom stereocenters. The van der Waals surface area contributed by atoms with Gasteiger partial charge in [-0.3, -0.25) is 4.79 Å². The SMILES string of the molecule is CNC(=O)/C(C#N)=C/c1ccc(Cl)c(Cl)c1. The summed E-state index contributed by atoms with van der Waals surface area (Å²) in [5, 5.41) is 12.0. The van der Waals surface area contributed by atoms with Gasteiger partial charge in [-0.1, -0.05) is 29.3 Å². The Hall–Kier alpha value is -1.50. The molecule has 1 aromatic rings. The van der Waals surface area contributed by atoms with Crippen LogP contribution in [0.1, 0.15) is 5.56 Å². The Morgan fingerprint density at radius 2 is 2.12 bits per heavy atom. The zero-order valence-electron chi connectivity index (χ0n) is 8.42. The molecule has 0 saturated heterocycles. The van der Waals surface area contributed by atoms with Gasteiger partial charge in [0.05, 0.1) is 10.0 Å². The first kappa shape index (κ1) is 12.6. The lowest BCUT2D eigenvalue weighted by Crippen LogP contribution is -2.19. The van der Waals surface area contributed by atoms with Gasteiger partial charge in [0, 0.05) is 7.05 Å². The van der Waals surface area contributed by atoms with Crippen LogP contribution in [0.3, 0.4) is 0 Å². The molecule has 0 radical (unpaired) electrons. The number of nitrogens with one attached hydrogen (secondary N) is 1. The Balaban J connectivity index is 3.10. The highest BCUT2D eigenvalue weighted by molar-refractivity contribution is 6.42. The average molecular weight is 255 g/mol. The smallest absolute Gasteiger partial charge is 0.261 e. The molecule has 16 heavy (non-hydrogen) atoms. The Bertz CT molecular complexity index is 489. The fourth-order valence-corrected chi connectivity index (χ4v) is 1.36. The molecule has 0 fully saturated rings. The first-order valence-electron chi connectivity index (χ1n) is 4.37. The van der Waals surface area contributed by atoms with E-state index in [1.165, 1.54) is 13.1 Å². The van der Waals surface area contributed by atoms with Crippen LogP contribution in [-0.2, 0) is 4.79 Å². The minimum atomic E-state index is -0.437. The predicted octanol–water partition coefficient (Wildman–Crippen LogP) is 2.65. The van der Waals surface area contributed by atoms with E-state index in [0.717, 1.165) is 0 Å². The molecule has 0 unspecified atom stereocenters. The summed E-state index contributed by atoms with van der Waals surface area (Å²) in [7, 11) is 1.46. The summed E-state index contributed by atoms with van der Waals surface area (Å²) in [5.74, 6) is -0.437. The van der Waals surface area contributed by atoms with Gasteiger partial charge in [-0.25, -0.2) is 0 Å². The van der Waals surface area contributed by atoms with Crippen molar-refractivity contribution >= 4 is 35.2 Å². The molecule has 82 valence electrons. The van der Waals surface area contributed by atoms with Crippen LogP contribution < -0.4 is 5.32 Å². The summed E-state index contributed by atoms with van der Waals surface area (Å²) in [5.41, 5.74) is 0.662. The second kappa shape index (κ2) is 5.55. The topological polar surface area (TPSA) is 52.9 Å². The van der Waals surface area contributed by atoms with Crippen LogP contribution >= 0.6 is 23.2 Å². The largest absolute Gasteiger partial charge is 0.354 e. The number of hydrogen-bond acceptors (Lipinski definition) is 2. The summed E-state index contributed by atoms with van der Waals surface area (Å²) in [6, 6.07) is 6.68. The van der Waals surface area contributed by atoms with Crippen molar-refractivity contribution in [3.05, 3.63) is 39.4 Å². The third-order valence-electron chi connectivity index (χ3n) is 1.85. The van der Waals surface area contributed by atoms with Crippen molar-refractivity contribution < 1.29 is 4.79 Å². The molecule has 0 aromatic heterocycles. The standard InChI is InChI=1S/C11H8Cl2N2O/c1-15-11(16)8(6-14)4-7-2-3-9(12)10(13)5-7/h2-5H,1H3,(H,15,16)/b8-4+. The minimum Gasteiger partial charge on any atom is -0.354 e. The van der Waals surface area contributed by atoms with E-state index in [2.05, 4.69) is 5.32 Å². The lowest BCUT2D eigenvalue weighted by atomic mass is 10.1. The van der Waals surface area contributed by atoms with E-state index in [0.29, 0.717) is 15.6 Å². The van der Waals surface area contributed by atoms with Crippen LogP contribution in [0.4, 0.5) is 0 Å². The molecule has 5 heteroatoms. The van der Waals surface area contributed by atoms with Gasteiger partial charge in [-0.15, -0.1) is 0 Å². The molecule has 3 nitrogen and oxygen atoms in total. The summed E-state index contributed by atoms with van der Waals surface area (Å²) in [4.78, 5) is 11.2. The van der Waals surface area contributed by atoms with Crippen LogP contribution in [0, 0.1) is 11.3 Å². The molecule has 1 amide bonds. The number of rotatable bonds is 2. The van der Waals surface area contributed by atoms with E-state index in [-0.39, 0.29) is 5.57 Å². The Morgan fingerprint density at radius 3 is 2.62 bits per heavy atom. The number of benzene rings is 1. The van der Waals surface area contributed by atoms with Gasteiger partial charge < -0.3 is 5.32 Å². The highest BCUT2D eigenvalue weighted by atomic mass is 35.5. The molecule has 0 aliphatic heterocycles. The molecule has 0 saturated carbocycles. The lowest BCUT2D eigenvalue weighted by Gasteiger charge is -1.99. The van der Waals surface area contributed by atoms with Crippen LogP contribution in [0.15, 0.2) is 23.8 Å². The second-order valence-corrected chi connectivity index (χ2v) is 3.74. The fraction of sp³-hybridized carbons (Fsp3) is 0.0909. The fourth-order valence-electron chi connectivity index (χ4n) is 1.05. The van der Waals surface area contributed by atoms with Crippen LogP contribution in [0.5, 0.6) is 0 Å². The van der Waals surface area contributed by atoms with Gasteiger partial charge in [-0.2, -0.15) is 5.26 Å². The van der Waals surface area contributed by atoms with E-state index in [1.54, 1.807) is 18.2 Å². The summed E-state index contributed by atoms with van der Waals surface area (Å²) in [6.07, 6.45) is 1.45. The Labute approximate surface area is 103 Å². The second-order valence-electron chi connectivity index (χ2n) is 2.92. The normalized spacial score (nSPS) is 10.8. The monoisotopic (exact) mass is 254 g/mol. The maximum atomic E-state index is 11.2. The molecule has 1 rings (SSSR count). The van der Waals surface area contributed by atoms with E-state index in [1.807, 2.05) is 6.07 Å². The number of nitriles is 1. The zero-order chi connectivity index (χ0) is 12.1.